The highest BCUT2D eigenvalue weighted by Gasteiger charge is 2.15. The molecule has 3 aromatic heterocycles. The van der Waals surface area contributed by atoms with Gasteiger partial charge in [0.25, 0.3) is 5.78 Å². The Balaban J connectivity index is 2.35. The zero-order valence-electron chi connectivity index (χ0n) is 9.99. The average molecular weight is 241 g/mol. The van der Waals surface area contributed by atoms with Gasteiger partial charge in [-0.1, -0.05) is 0 Å². The van der Waals surface area contributed by atoms with Gasteiger partial charge in [0.2, 0.25) is 0 Å². The van der Waals surface area contributed by atoms with E-state index in [1.54, 1.807) is 6.20 Å². The van der Waals surface area contributed by atoms with Gasteiger partial charge in [-0.2, -0.15) is 0 Å². The van der Waals surface area contributed by atoms with E-state index in [0.717, 1.165) is 11.4 Å². The van der Waals surface area contributed by atoms with Gasteiger partial charge in [-0.25, -0.2) is 15.0 Å². The first-order chi connectivity index (χ1) is 8.66. The van der Waals surface area contributed by atoms with E-state index in [-0.39, 0.29) is 0 Å². The van der Waals surface area contributed by atoms with Crippen molar-refractivity contribution in [2.75, 3.05) is 5.73 Å². The van der Waals surface area contributed by atoms with Crippen LogP contribution in [0, 0.1) is 13.8 Å². The summed E-state index contributed by atoms with van der Waals surface area (Å²) in [4.78, 5) is 12.5. The maximum atomic E-state index is 5.81. The SMILES string of the molecule is Cc1cc(C)n2c(-c3nccnc3N)nnc2n1. The molecule has 18 heavy (non-hydrogen) atoms. The standard InChI is InChI=1S/C11H11N7/c1-6-5-7(2)18-10(16-17-11(18)15-6)8-9(12)14-4-3-13-8/h3-5H,1-2H3,(H2,12,14). The van der Waals surface area contributed by atoms with Crippen LogP contribution in [0.1, 0.15) is 11.4 Å². The Bertz CT molecular complexity index is 731. The summed E-state index contributed by atoms with van der Waals surface area (Å²) < 4.78 is 1.81. The molecule has 3 heterocycles. The summed E-state index contributed by atoms with van der Waals surface area (Å²) in [6, 6.07) is 1.95. The first-order valence-electron chi connectivity index (χ1n) is 5.43. The topological polar surface area (TPSA) is 94.9 Å². The number of hydrogen-bond donors (Lipinski definition) is 1. The van der Waals surface area contributed by atoms with Gasteiger partial charge in [0, 0.05) is 23.8 Å². The molecule has 3 aromatic rings. The highest BCUT2D eigenvalue weighted by atomic mass is 15.3. The fourth-order valence-corrected chi connectivity index (χ4v) is 1.90. The maximum absolute atomic E-state index is 5.81. The number of rotatable bonds is 1. The Morgan fingerprint density at radius 2 is 1.89 bits per heavy atom. The predicted molar refractivity (Wildman–Crippen MR) is 65.7 cm³/mol. The summed E-state index contributed by atoms with van der Waals surface area (Å²) in [5.41, 5.74) is 8.19. The van der Waals surface area contributed by atoms with E-state index < -0.39 is 0 Å². The number of fused-ring (bicyclic) bond motifs is 1. The Kier molecular flexibility index (Phi) is 2.19. The molecule has 0 atom stereocenters. The Morgan fingerprint density at radius 1 is 1.11 bits per heavy atom. The van der Waals surface area contributed by atoms with Crippen molar-refractivity contribution in [2.45, 2.75) is 13.8 Å². The summed E-state index contributed by atoms with van der Waals surface area (Å²) in [5.74, 6) is 1.42. The zero-order valence-corrected chi connectivity index (χ0v) is 9.99. The van der Waals surface area contributed by atoms with Crippen LogP contribution in [0.25, 0.3) is 17.3 Å². The molecule has 0 saturated heterocycles. The van der Waals surface area contributed by atoms with Gasteiger partial charge in [0.15, 0.2) is 17.3 Å². The average Bonchev–Trinajstić information content (AvgIpc) is 2.73. The Labute approximate surface area is 103 Å². The van der Waals surface area contributed by atoms with Crippen LogP contribution in [0.2, 0.25) is 0 Å². The minimum atomic E-state index is 0.326. The van der Waals surface area contributed by atoms with Gasteiger partial charge >= 0.3 is 0 Å². The van der Waals surface area contributed by atoms with E-state index in [1.807, 2.05) is 24.3 Å². The molecule has 0 fully saturated rings. The molecule has 0 aromatic carbocycles. The fourth-order valence-electron chi connectivity index (χ4n) is 1.90. The zero-order chi connectivity index (χ0) is 12.7. The van der Waals surface area contributed by atoms with Crippen LogP contribution in [0.5, 0.6) is 0 Å². The first kappa shape index (κ1) is 10.6. The molecule has 3 rings (SSSR count). The number of hydrogen-bond acceptors (Lipinski definition) is 6. The summed E-state index contributed by atoms with van der Waals surface area (Å²) >= 11 is 0. The van der Waals surface area contributed by atoms with Crippen LogP contribution in [-0.2, 0) is 0 Å². The number of nitrogens with zero attached hydrogens (tertiary/aromatic N) is 6. The van der Waals surface area contributed by atoms with Crippen molar-refractivity contribution >= 4 is 11.6 Å². The summed E-state index contributed by atoms with van der Waals surface area (Å²) in [5, 5.41) is 8.13. The second kappa shape index (κ2) is 3.73. The van der Waals surface area contributed by atoms with Crippen molar-refractivity contribution in [3.05, 3.63) is 29.8 Å². The quantitative estimate of drug-likeness (QED) is 0.676. The minimum Gasteiger partial charge on any atom is -0.382 e. The van der Waals surface area contributed by atoms with Crippen LogP contribution in [0.3, 0.4) is 0 Å². The molecule has 0 aliphatic carbocycles. The molecule has 0 unspecified atom stereocenters. The van der Waals surface area contributed by atoms with Crippen LogP contribution in [-0.4, -0.2) is 29.5 Å². The Hall–Kier alpha value is -2.57. The van der Waals surface area contributed by atoms with Crippen LogP contribution in [0.15, 0.2) is 18.5 Å². The Morgan fingerprint density at radius 3 is 2.67 bits per heavy atom. The second-order valence-corrected chi connectivity index (χ2v) is 3.99. The van der Waals surface area contributed by atoms with E-state index in [2.05, 4.69) is 25.1 Å². The largest absolute Gasteiger partial charge is 0.382 e. The lowest BCUT2D eigenvalue weighted by atomic mass is 10.3. The monoisotopic (exact) mass is 241 g/mol. The normalized spacial score (nSPS) is 11.0. The molecule has 7 heteroatoms. The van der Waals surface area contributed by atoms with E-state index in [4.69, 9.17) is 5.73 Å². The lowest BCUT2D eigenvalue weighted by Gasteiger charge is -2.04. The molecule has 0 aliphatic rings. The molecule has 7 nitrogen and oxygen atoms in total. The summed E-state index contributed by atoms with van der Waals surface area (Å²) in [6.45, 7) is 3.87. The number of aryl methyl sites for hydroxylation is 2. The highest BCUT2D eigenvalue weighted by molar-refractivity contribution is 5.65. The molecule has 0 bridgehead atoms. The van der Waals surface area contributed by atoms with Gasteiger partial charge in [0.05, 0.1) is 0 Å². The minimum absolute atomic E-state index is 0.326. The van der Waals surface area contributed by atoms with Crippen LogP contribution < -0.4 is 5.73 Å². The van der Waals surface area contributed by atoms with Crippen LogP contribution in [0.4, 0.5) is 5.82 Å². The van der Waals surface area contributed by atoms with Crippen molar-refractivity contribution < 1.29 is 0 Å². The van der Waals surface area contributed by atoms with Gasteiger partial charge in [-0.15, -0.1) is 10.2 Å². The third-order valence-electron chi connectivity index (χ3n) is 2.63. The van der Waals surface area contributed by atoms with Crippen molar-refractivity contribution in [3.8, 4) is 11.5 Å². The molecule has 0 saturated carbocycles. The van der Waals surface area contributed by atoms with E-state index >= 15 is 0 Å². The summed E-state index contributed by atoms with van der Waals surface area (Å²) in [6.07, 6.45) is 3.11. The number of aromatic nitrogens is 6. The third kappa shape index (κ3) is 1.48. The number of nitrogen functional groups attached to an aromatic ring is 1. The van der Waals surface area contributed by atoms with Gasteiger partial charge in [-0.05, 0) is 19.9 Å². The summed E-state index contributed by atoms with van der Waals surface area (Å²) in [7, 11) is 0. The first-order valence-corrected chi connectivity index (χ1v) is 5.43. The second-order valence-electron chi connectivity index (χ2n) is 3.99. The maximum Gasteiger partial charge on any atom is 0.255 e. The van der Waals surface area contributed by atoms with Crippen molar-refractivity contribution in [1.29, 1.82) is 0 Å². The third-order valence-corrected chi connectivity index (χ3v) is 2.63. The molecule has 0 aliphatic heterocycles. The highest BCUT2D eigenvalue weighted by Crippen LogP contribution is 2.20. The number of nitrogens with two attached hydrogens (primary N) is 1. The smallest absolute Gasteiger partial charge is 0.255 e. The molecule has 0 spiro atoms. The van der Waals surface area contributed by atoms with E-state index in [0.29, 0.717) is 23.1 Å². The van der Waals surface area contributed by atoms with Crippen molar-refractivity contribution in [3.63, 3.8) is 0 Å². The molecule has 2 N–H and O–H groups in total. The number of anilines is 1. The molecular weight excluding hydrogens is 230 g/mol. The molecule has 0 amide bonds. The van der Waals surface area contributed by atoms with E-state index in [1.165, 1.54) is 6.20 Å². The van der Waals surface area contributed by atoms with E-state index in [9.17, 15) is 0 Å². The lowest BCUT2D eigenvalue weighted by molar-refractivity contribution is 1.01. The molecular formula is C11H11N7. The lowest BCUT2D eigenvalue weighted by Crippen LogP contribution is -2.02. The molecule has 90 valence electrons. The van der Waals surface area contributed by atoms with Crippen LogP contribution >= 0.6 is 0 Å². The molecule has 0 radical (unpaired) electrons. The van der Waals surface area contributed by atoms with Gasteiger partial charge in [-0.3, -0.25) is 4.40 Å². The van der Waals surface area contributed by atoms with Gasteiger partial charge in [0.1, 0.15) is 0 Å². The van der Waals surface area contributed by atoms with Gasteiger partial charge < -0.3 is 5.73 Å². The van der Waals surface area contributed by atoms with Crippen molar-refractivity contribution in [2.24, 2.45) is 0 Å². The fraction of sp³-hybridized carbons (Fsp3) is 0.182. The van der Waals surface area contributed by atoms with Crippen molar-refractivity contribution in [1.82, 2.24) is 29.5 Å². The predicted octanol–water partition coefficient (Wildman–Crippen LogP) is 0.780.